The van der Waals surface area contributed by atoms with Crippen LogP contribution in [0.2, 0.25) is 0 Å². The molecule has 340 valence electrons. The highest BCUT2D eigenvalue weighted by Gasteiger charge is 2.18. The molecule has 0 radical (unpaired) electrons. The molecule has 17 nitrogen and oxygen atoms in total. The number of carboxylic acids is 3. The zero-order valence-electron chi connectivity index (χ0n) is 36.5. The summed E-state index contributed by atoms with van der Waals surface area (Å²) in [5.74, 6) is -3.12. The van der Waals surface area contributed by atoms with Crippen molar-refractivity contribution >= 4 is 53.5 Å². The van der Waals surface area contributed by atoms with Gasteiger partial charge in [0.05, 0.1) is 36.7 Å². The number of likely N-dealkylation sites (N-methyl/N-ethyl adjacent to an activating group) is 2. The normalized spacial score (nSPS) is 14.5. The van der Waals surface area contributed by atoms with E-state index >= 15 is 0 Å². The molecule has 0 unspecified atom stereocenters. The lowest BCUT2D eigenvalue weighted by Gasteiger charge is -2.32. The van der Waals surface area contributed by atoms with Crippen LogP contribution in [-0.4, -0.2) is 152 Å². The summed E-state index contributed by atoms with van der Waals surface area (Å²) in [6.07, 6.45) is 3.21. The lowest BCUT2D eigenvalue weighted by atomic mass is 10.1. The van der Waals surface area contributed by atoms with Crippen molar-refractivity contribution in [2.45, 2.75) is 19.5 Å². The third-order valence-electron chi connectivity index (χ3n) is 10.3. The van der Waals surface area contributed by atoms with Crippen molar-refractivity contribution in [3.63, 3.8) is 0 Å². The van der Waals surface area contributed by atoms with Gasteiger partial charge in [-0.05, 0) is 62.1 Å². The van der Waals surface area contributed by atoms with Crippen LogP contribution >= 0.6 is 0 Å². The molecule has 0 aromatic heterocycles. The van der Waals surface area contributed by atoms with E-state index in [0.29, 0.717) is 5.56 Å². The molecule has 17 heteroatoms. The van der Waals surface area contributed by atoms with E-state index in [1.807, 2.05) is 30.3 Å². The van der Waals surface area contributed by atoms with Gasteiger partial charge in [0.15, 0.2) is 0 Å². The second-order valence-corrected chi connectivity index (χ2v) is 15.1. The first kappa shape index (κ1) is 49.7. The van der Waals surface area contributed by atoms with E-state index in [1.165, 1.54) is 30.3 Å². The van der Waals surface area contributed by atoms with Gasteiger partial charge in [-0.1, -0.05) is 48.5 Å². The quantitative estimate of drug-likeness (QED) is 0.0613. The van der Waals surface area contributed by atoms with Gasteiger partial charge in [0.1, 0.15) is 24.2 Å². The molecule has 64 heavy (non-hydrogen) atoms. The van der Waals surface area contributed by atoms with Crippen molar-refractivity contribution in [1.82, 2.24) is 19.6 Å². The molecular weight excluding hydrogens is 825 g/mol. The number of aromatic carboxylic acids is 2. The highest BCUT2D eigenvalue weighted by molar-refractivity contribution is 6.06. The van der Waals surface area contributed by atoms with E-state index < -0.39 is 36.1 Å². The number of methoxy groups -OCH3 is 2. The number of carbonyl (C=O) groups is 6. The van der Waals surface area contributed by atoms with Gasteiger partial charge in [0.25, 0.3) is 0 Å². The standard InChI is InChI=1S/C23H27N3O4.C14H20N2O2.C10H9NO5/c1-25-11-13-26(14-12-25)16-18-9-7-17(15-21(18)30-2)8-10-22(27)24-20-6-4-3-5-19(20)23(28)29;1-15-5-7-16(8-6-15)10-13-4-3-12(11-17)9-14(13)18-2;12-8(5-9(13)14)11-7-4-2-1-3-6(7)10(15)16/h3-10,15H,11-14,16H2,1-2H3,(H,24,27)(H,28,29);3-4,9,11H,5-8,10H2,1-2H3;1-4H,5H2,(H,11,12)(H,13,14)(H,15,16)/b10-8+;;. The van der Waals surface area contributed by atoms with Crippen LogP contribution in [0.4, 0.5) is 11.4 Å². The molecule has 2 heterocycles. The van der Waals surface area contributed by atoms with Gasteiger partial charge in [-0.3, -0.25) is 29.0 Å². The van der Waals surface area contributed by atoms with Crippen molar-refractivity contribution < 1.29 is 53.6 Å². The van der Waals surface area contributed by atoms with E-state index in [0.717, 1.165) is 99.9 Å². The fourth-order valence-electron chi connectivity index (χ4n) is 6.69. The number of nitrogens with one attached hydrogen (secondary N) is 2. The maximum atomic E-state index is 12.2. The second-order valence-electron chi connectivity index (χ2n) is 15.1. The maximum absolute atomic E-state index is 12.2. The summed E-state index contributed by atoms with van der Waals surface area (Å²) in [4.78, 5) is 75.8. The van der Waals surface area contributed by atoms with Crippen molar-refractivity contribution in [3.8, 4) is 11.5 Å². The predicted octanol–water partition coefficient (Wildman–Crippen LogP) is 4.85. The maximum Gasteiger partial charge on any atom is 0.337 e. The summed E-state index contributed by atoms with van der Waals surface area (Å²) < 4.78 is 10.9. The number of rotatable bonds is 15. The number of para-hydroxylation sites is 2. The van der Waals surface area contributed by atoms with E-state index in [1.54, 1.807) is 50.6 Å². The summed E-state index contributed by atoms with van der Waals surface area (Å²) in [5.41, 5.74) is 4.06. The van der Waals surface area contributed by atoms with Gasteiger partial charge in [-0.2, -0.15) is 0 Å². The highest BCUT2D eigenvalue weighted by Crippen LogP contribution is 2.24. The lowest BCUT2D eigenvalue weighted by Crippen LogP contribution is -2.43. The number of anilines is 2. The lowest BCUT2D eigenvalue weighted by molar-refractivity contribution is -0.139. The van der Waals surface area contributed by atoms with E-state index in [9.17, 15) is 33.9 Å². The van der Waals surface area contributed by atoms with Crippen LogP contribution in [0.1, 0.15) is 54.2 Å². The topological polar surface area (TPSA) is 219 Å². The van der Waals surface area contributed by atoms with E-state index in [4.69, 9.17) is 19.7 Å². The molecule has 4 aromatic rings. The molecule has 0 spiro atoms. The molecule has 2 fully saturated rings. The highest BCUT2D eigenvalue weighted by atomic mass is 16.5. The number of aldehydes is 1. The van der Waals surface area contributed by atoms with Crippen LogP contribution in [0, 0.1) is 0 Å². The Kier molecular flexibility index (Phi) is 19.6. The predicted molar refractivity (Wildman–Crippen MR) is 242 cm³/mol. The van der Waals surface area contributed by atoms with Crippen molar-refractivity contribution in [2.75, 3.05) is 91.3 Å². The van der Waals surface area contributed by atoms with Crippen molar-refractivity contribution in [3.05, 3.63) is 124 Å². The number of piperazine rings is 2. The van der Waals surface area contributed by atoms with Crippen LogP contribution in [0.5, 0.6) is 11.5 Å². The Balaban J connectivity index is 0.000000226. The number of hydrogen-bond acceptors (Lipinski definition) is 12. The SMILES string of the molecule is COc1cc(/C=C/C(=O)Nc2ccccc2C(=O)O)ccc1CN1CCN(C)CC1.COc1cc(C=O)ccc1CN1CCN(C)CC1.O=C(O)CC(=O)Nc1ccccc1C(=O)O. The number of ether oxygens (including phenoxy) is 2. The fraction of sp³-hybridized carbons (Fsp3) is 0.319. The third kappa shape index (κ3) is 16.1. The average Bonchev–Trinajstić information content (AvgIpc) is 3.28. The van der Waals surface area contributed by atoms with Gasteiger partial charge in [-0.25, -0.2) is 9.59 Å². The number of carboxylic acid groups (broad SMARTS) is 3. The molecular formula is C47H56N6O11. The minimum Gasteiger partial charge on any atom is -0.496 e. The van der Waals surface area contributed by atoms with Crippen molar-refractivity contribution in [2.24, 2.45) is 0 Å². The van der Waals surface area contributed by atoms with Crippen LogP contribution in [0.3, 0.4) is 0 Å². The first-order valence-electron chi connectivity index (χ1n) is 20.5. The van der Waals surface area contributed by atoms with E-state index in [-0.39, 0.29) is 22.5 Å². The van der Waals surface area contributed by atoms with Gasteiger partial charge < -0.3 is 45.2 Å². The number of aliphatic carboxylic acids is 1. The number of amides is 2. The molecule has 2 saturated heterocycles. The molecule has 5 N–H and O–H groups in total. The van der Waals surface area contributed by atoms with Crippen molar-refractivity contribution in [1.29, 1.82) is 0 Å². The minimum atomic E-state index is -1.27. The zero-order valence-corrected chi connectivity index (χ0v) is 36.5. The number of hydrogen-bond donors (Lipinski definition) is 5. The van der Waals surface area contributed by atoms with Crippen LogP contribution in [0.25, 0.3) is 6.08 Å². The summed E-state index contributed by atoms with van der Waals surface area (Å²) in [6, 6.07) is 23.6. The fourth-order valence-corrected chi connectivity index (χ4v) is 6.69. The summed E-state index contributed by atoms with van der Waals surface area (Å²) >= 11 is 0. The van der Waals surface area contributed by atoms with Gasteiger partial charge in [0, 0.05) is 88.2 Å². The molecule has 2 amide bonds. The Hall–Kier alpha value is -6.92. The van der Waals surface area contributed by atoms with Gasteiger partial charge >= 0.3 is 17.9 Å². The molecule has 2 aliphatic rings. The Labute approximate surface area is 372 Å². The number of carbonyl (C=O) groups excluding carboxylic acids is 3. The zero-order chi connectivity index (χ0) is 46.6. The number of benzene rings is 4. The molecule has 0 aliphatic carbocycles. The molecule has 6 rings (SSSR count). The Bertz CT molecular complexity index is 2270. The largest absolute Gasteiger partial charge is 0.496 e. The Morgan fingerprint density at radius 2 is 1.05 bits per heavy atom. The summed E-state index contributed by atoms with van der Waals surface area (Å²) in [5, 5.41) is 31.2. The number of nitrogens with zero attached hydrogens (tertiary/aromatic N) is 4. The second kappa shape index (κ2) is 25.3. The Morgan fingerprint density at radius 1 is 0.609 bits per heavy atom. The van der Waals surface area contributed by atoms with Crippen LogP contribution in [0.15, 0.2) is 91.0 Å². The minimum absolute atomic E-state index is 0.0502. The molecule has 4 aromatic carbocycles. The van der Waals surface area contributed by atoms with E-state index in [2.05, 4.69) is 44.3 Å². The molecule has 0 bridgehead atoms. The monoisotopic (exact) mass is 880 g/mol. The molecule has 0 saturated carbocycles. The van der Waals surface area contributed by atoms with Gasteiger partial charge in [0.2, 0.25) is 11.8 Å². The first-order valence-corrected chi connectivity index (χ1v) is 20.5. The average molecular weight is 881 g/mol. The van der Waals surface area contributed by atoms with Crippen LogP contribution in [-0.2, 0) is 27.5 Å². The Morgan fingerprint density at radius 3 is 1.48 bits per heavy atom. The van der Waals surface area contributed by atoms with Crippen LogP contribution < -0.4 is 20.1 Å². The summed E-state index contributed by atoms with van der Waals surface area (Å²) in [7, 11) is 7.58. The van der Waals surface area contributed by atoms with Gasteiger partial charge in [-0.15, -0.1) is 0 Å². The molecule has 2 aliphatic heterocycles. The smallest absolute Gasteiger partial charge is 0.337 e. The first-order chi connectivity index (χ1) is 30.7. The summed E-state index contributed by atoms with van der Waals surface area (Å²) in [6.45, 7) is 10.3. The molecule has 0 atom stereocenters. The third-order valence-corrected chi connectivity index (χ3v) is 10.3.